The van der Waals surface area contributed by atoms with E-state index in [9.17, 15) is 9.65 Å². The largest absolute Gasteiger partial charge is 0.494 e. The number of halogens is 1. The van der Waals surface area contributed by atoms with Gasteiger partial charge in [-0.3, -0.25) is 9.89 Å². The summed E-state index contributed by atoms with van der Waals surface area (Å²) in [7, 11) is 2.13. The summed E-state index contributed by atoms with van der Waals surface area (Å²) in [5.74, 6) is 1.82. The molecule has 4 rings (SSSR count). The first-order chi connectivity index (χ1) is 23.0. The summed E-state index contributed by atoms with van der Waals surface area (Å²) in [6.07, 6.45) is 11.5. The van der Waals surface area contributed by atoms with Crippen LogP contribution >= 0.6 is 0 Å². The molecule has 0 bridgehead atoms. The lowest BCUT2D eigenvalue weighted by atomic mass is 10.1. The highest BCUT2D eigenvalue weighted by Crippen LogP contribution is 2.18. The average molecular weight is 643 g/mol. The summed E-state index contributed by atoms with van der Waals surface area (Å²) in [6.45, 7) is 8.22. The fraction of sp³-hybridized carbons (Fsp3) is 0.486. The maximum absolute atomic E-state index is 13.4. The van der Waals surface area contributed by atoms with Crippen LogP contribution in [0.4, 0.5) is 10.2 Å². The first kappa shape index (κ1) is 35.7. The van der Waals surface area contributed by atoms with Crippen LogP contribution in [0.25, 0.3) is 0 Å². The molecule has 47 heavy (non-hydrogen) atoms. The van der Waals surface area contributed by atoms with E-state index in [1.807, 2.05) is 42.5 Å². The van der Waals surface area contributed by atoms with Gasteiger partial charge in [0.1, 0.15) is 17.4 Å². The quantitative estimate of drug-likeness (QED) is 0.0569. The Morgan fingerprint density at radius 2 is 1.77 bits per heavy atom. The summed E-state index contributed by atoms with van der Waals surface area (Å²) in [6, 6.07) is 20.9. The first-order valence-electron chi connectivity index (χ1n) is 17.0. The van der Waals surface area contributed by atoms with Gasteiger partial charge in [-0.05, 0) is 99.9 Å². The Morgan fingerprint density at radius 1 is 0.936 bits per heavy atom. The van der Waals surface area contributed by atoms with Crippen molar-refractivity contribution in [1.82, 2.24) is 19.7 Å². The number of nitriles is 1. The Kier molecular flexibility index (Phi) is 15.3. The number of likely N-dealkylation sites (N-methyl/N-ethyl adjacent to an activating group) is 1. The summed E-state index contributed by atoms with van der Waals surface area (Å²) in [5, 5.41) is 9.60. The van der Waals surface area contributed by atoms with Gasteiger partial charge < -0.3 is 20.3 Å². The fourth-order valence-corrected chi connectivity index (χ4v) is 5.72. The number of guanidine groups is 1. The number of nitrogens with zero attached hydrogens (tertiary/aromatic N) is 7. The summed E-state index contributed by atoms with van der Waals surface area (Å²) in [5.41, 5.74) is 8.47. The van der Waals surface area contributed by atoms with Crippen LogP contribution in [-0.4, -0.2) is 85.1 Å². The lowest BCUT2D eigenvalue weighted by Gasteiger charge is -2.27. The molecule has 1 aromatic heterocycles. The lowest BCUT2D eigenvalue weighted by Crippen LogP contribution is -2.35. The molecule has 10 heteroatoms. The van der Waals surface area contributed by atoms with Crippen molar-refractivity contribution in [2.24, 2.45) is 10.7 Å². The molecule has 0 unspecified atom stereocenters. The molecule has 2 heterocycles. The minimum Gasteiger partial charge on any atom is -0.494 e. The number of hydrogen-bond acceptors (Lipinski definition) is 7. The van der Waals surface area contributed by atoms with E-state index in [1.165, 1.54) is 54.9 Å². The zero-order chi connectivity index (χ0) is 33.1. The van der Waals surface area contributed by atoms with E-state index in [1.54, 1.807) is 6.20 Å². The van der Waals surface area contributed by atoms with E-state index in [0.717, 1.165) is 62.6 Å². The molecule has 0 aliphatic carbocycles. The van der Waals surface area contributed by atoms with Crippen molar-refractivity contribution < 1.29 is 9.13 Å². The van der Waals surface area contributed by atoms with Gasteiger partial charge in [-0.2, -0.15) is 5.26 Å². The van der Waals surface area contributed by atoms with Gasteiger partial charge in [0.25, 0.3) is 0 Å². The number of anilines is 1. The molecule has 1 aliphatic rings. The smallest absolute Gasteiger partial charge is 0.204 e. The van der Waals surface area contributed by atoms with Crippen LogP contribution in [-0.2, 0) is 13.1 Å². The number of piperidine rings is 1. The Balaban J connectivity index is 1.09. The van der Waals surface area contributed by atoms with E-state index in [-0.39, 0.29) is 11.8 Å². The minimum absolute atomic E-state index is 0.227. The second-order valence-corrected chi connectivity index (χ2v) is 12.3. The molecule has 0 amide bonds. The van der Waals surface area contributed by atoms with Crippen LogP contribution in [0, 0.1) is 17.3 Å². The second kappa shape index (κ2) is 20.1. The summed E-state index contributed by atoms with van der Waals surface area (Å²) < 4.78 is 19.4. The van der Waals surface area contributed by atoms with Gasteiger partial charge in [-0.15, -0.1) is 0 Å². The highest BCUT2D eigenvalue weighted by molar-refractivity contribution is 5.79. The van der Waals surface area contributed by atoms with Gasteiger partial charge in [0.15, 0.2) is 6.19 Å². The number of likely N-dealkylation sites (tertiary alicyclic amines) is 1. The predicted molar refractivity (Wildman–Crippen MR) is 188 cm³/mol. The third-order valence-corrected chi connectivity index (χ3v) is 8.43. The molecule has 3 aromatic rings. The van der Waals surface area contributed by atoms with Gasteiger partial charge >= 0.3 is 0 Å². The highest BCUT2D eigenvalue weighted by Gasteiger charge is 2.12. The molecule has 9 nitrogen and oxygen atoms in total. The van der Waals surface area contributed by atoms with Crippen LogP contribution in [0.5, 0.6) is 5.75 Å². The molecular formula is C37H51FN8O. The summed E-state index contributed by atoms with van der Waals surface area (Å²) >= 11 is 0. The van der Waals surface area contributed by atoms with E-state index in [4.69, 9.17) is 10.5 Å². The Hall–Kier alpha value is -4.20. The van der Waals surface area contributed by atoms with Gasteiger partial charge in [-0.25, -0.2) is 14.3 Å². The van der Waals surface area contributed by atoms with Crippen LogP contribution < -0.4 is 15.4 Å². The maximum Gasteiger partial charge on any atom is 0.204 e. The number of rotatable bonds is 19. The maximum atomic E-state index is 13.4. The van der Waals surface area contributed by atoms with Crippen molar-refractivity contribution in [2.45, 2.75) is 58.0 Å². The number of aliphatic imine (C=N–C) groups is 1. The zero-order valence-corrected chi connectivity index (χ0v) is 27.9. The van der Waals surface area contributed by atoms with Crippen molar-refractivity contribution in [1.29, 1.82) is 5.26 Å². The molecule has 1 saturated heterocycles. The summed E-state index contributed by atoms with van der Waals surface area (Å²) in [4.78, 5) is 17.5. The predicted octanol–water partition coefficient (Wildman–Crippen LogP) is 5.88. The molecule has 0 spiro atoms. The number of benzene rings is 2. The molecule has 252 valence electrons. The topological polar surface area (TPSA) is 97.2 Å². The van der Waals surface area contributed by atoms with Crippen molar-refractivity contribution in [3.63, 3.8) is 0 Å². The third kappa shape index (κ3) is 13.2. The number of nitrogens with two attached hydrogens (primary N) is 1. The van der Waals surface area contributed by atoms with Crippen molar-refractivity contribution >= 4 is 11.8 Å². The van der Waals surface area contributed by atoms with Crippen LogP contribution in [0.2, 0.25) is 0 Å². The minimum atomic E-state index is -0.227. The fourth-order valence-electron chi connectivity index (χ4n) is 5.72. The second-order valence-electron chi connectivity index (χ2n) is 12.3. The Labute approximate surface area is 280 Å². The van der Waals surface area contributed by atoms with E-state index in [0.29, 0.717) is 32.7 Å². The molecule has 0 radical (unpaired) electrons. The molecule has 2 aromatic carbocycles. The van der Waals surface area contributed by atoms with Crippen molar-refractivity contribution in [2.75, 3.05) is 64.4 Å². The Bertz CT molecular complexity index is 1380. The van der Waals surface area contributed by atoms with Crippen molar-refractivity contribution in [3.8, 4) is 11.9 Å². The van der Waals surface area contributed by atoms with Gasteiger partial charge in [0, 0.05) is 51.9 Å². The van der Waals surface area contributed by atoms with Crippen LogP contribution in [0.15, 0.2) is 77.9 Å². The monoisotopic (exact) mass is 642 g/mol. The third-order valence-electron chi connectivity index (χ3n) is 8.43. The number of hydrogen-bond donors (Lipinski definition) is 1. The zero-order valence-electron chi connectivity index (χ0n) is 27.9. The Morgan fingerprint density at radius 3 is 2.53 bits per heavy atom. The standard InChI is InChI=1S/C37H51FN8O/c1-43(25-26-45(36-14-4-6-19-41-36)30-32-15-17-34(38)18-16-32)21-7-2-5-20-42-37(40)46(31-39)24-11-27-47-35-13-10-12-33(28-35)29-44-22-8-3-9-23-44/h4,6,10,12-19,28H,2-3,5,7-9,11,20-27,29-30H2,1H3,(H2,40,42). The molecule has 1 aliphatic heterocycles. The van der Waals surface area contributed by atoms with Gasteiger partial charge in [0.05, 0.1) is 6.61 Å². The first-order valence-corrected chi connectivity index (χ1v) is 17.0. The normalized spacial score (nSPS) is 13.8. The molecule has 0 atom stereocenters. The highest BCUT2D eigenvalue weighted by atomic mass is 19.1. The van der Waals surface area contributed by atoms with E-state index >= 15 is 0 Å². The van der Waals surface area contributed by atoms with Gasteiger partial charge in [-0.1, -0.05) is 43.2 Å². The molecule has 2 N–H and O–H groups in total. The molecular weight excluding hydrogens is 591 g/mol. The van der Waals surface area contributed by atoms with E-state index < -0.39 is 0 Å². The van der Waals surface area contributed by atoms with Gasteiger partial charge in [0.2, 0.25) is 5.96 Å². The molecule has 1 fully saturated rings. The van der Waals surface area contributed by atoms with E-state index in [2.05, 4.69) is 50.0 Å². The van der Waals surface area contributed by atoms with Crippen molar-refractivity contribution in [3.05, 3.63) is 89.9 Å². The van der Waals surface area contributed by atoms with Crippen LogP contribution in [0.3, 0.4) is 0 Å². The lowest BCUT2D eigenvalue weighted by molar-refractivity contribution is 0.220. The average Bonchev–Trinajstić information content (AvgIpc) is 3.10. The molecule has 0 saturated carbocycles. The van der Waals surface area contributed by atoms with Crippen LogP contribution in [0.1, 0.15) is 56.1 Å². The SMILES string of the molecule is CN(CCCCCN=C(N)N(C#N)CCCOc1cccc(CN2CCCCC2)c1)CCN(Cc1ccc(F)cc1)c1ccccn1. The number of pyridine rings is 1. The number of aromatic nitrogens is 1. The number of ether oxygens (including phenoxy) is 1. The number of unbranched alkanes of at least 4 members (excludes halogenated alkanes) is 2.